The number of amides is 1. The van der Waals surface area contributed by atoms with Crippen LogP contribution in [0.2, 0.25) is 0 Å². The monoisotopic (exact) mass is 363 g/mol. The number of ether oxygens (including phenoxy) is 1. The van der Waals surface area contributed by atoms with Crippen molar-refractivity contribution in [2.75, 3.05) is 0 Å². The van der Waals surface area contributed by atoms with Crippen LogP contribution in [0.25, 0.3) is 6.08 Å². The Morgan fingerprint density at radius 1 is 1.07 bits per heavy atom. The summed E-state index contributed by atoms with van der Waals surface area (Å²) in [7, 11) is 0. The molecule has 0 aliphatic carbocycles. The highest BCUT2D eigenvalue weighted by atomic mass is 16.5. The molecule has 2 saturated heterocycles. The second-order valence-electron chi connectivity index (χ2n) is 7.44. The van der Waals surface area contributed by atoms with Crippen LogP contribution in [0.4, 0.5) is 0 Å². The molecule has 4 rings (SSSR count). The van der Waals surface area contributed by atoms with Gasteiger partial charge in [-0.1, -0.05) is 42.5 Å². The van der Waals surface area contributed by atoms with E-state index < -0.39 is 0 Å². The van der Waals surface area contributed by atoms with E-state index in [1.807, 2.05) is 65.6 Å². The van der Waals surface area contributed by atoms with Gasteiger partial charge in [-0.15, -0.1) is 0 Å². The van der Waals surface area contributed by atoms with Crippen LogP contribution in [0.5, 0.6) is 5.75 Å². The summed E-state index contributed by atoms with van der Waals surface area (Å²) in [5.74, 6) is 0.833. The van der Waals surface area contributed by atoms with Gasteiger partial charge in [0.15, 0.2) is 0 Å². The summed E-state index contributed by atoms with van der Waals surface area (Å²) in [4.78, 5) is 14.6. The summed E-state index contributed by atoms with van der Waals surface area (Å²) >= 11 is 0. The van der Waals surface area contributed by atoms with Crippen LogP contribution >= 0.6 is 0 Å². The van der Waals surface area contributed by atoms with Crippen molar-refractivity contribution < 1.29 is 14.6 Å². The molecule has 2 bridgehead atoms. The number of benzene rings is 2. The van der Waals surface area contributed by atoms with Crippen LogP contribution in [-0.2, 0) is 11.4 Å². The molecule has 2 heterocycles. The van der Waals surface area contributed by atoms with Gasteiger partial charge in [0.25, 0.3) is 0 Å². The zero-order chi connectivity index (χ0) is 18.6. The molecule has 2 aromatic rings. The van der Waals surface area contributed by atoms with Gasteiger partial charge in [0, 0.05) is 18.2 Å². The zero-order valence-corrected chi connectivity index (χ0v) is 15.3. The number of fused-ring (bicyclic) bond motifs is 2. The number of aliphatic hydroxyl groups is 1. The lowest BCUT2D eigenvalue weighted by Crippen LogP contribution is -2.47. The second-order valence-corrected chi connectivity index (χ2v) is 7.44. The van der Waals surface area contributed by atoms with Crippen LogP contribution in [0.15, 0.2) is 60.7 Å². The van der Waals surface area contributed by atoms with Crippen molar-refractivity contribution in [2.45, 2.75) is 50.5 Å². The lowest BCUT2D eigenvalue weighted by Gasteiger charge is -2.36. The largest absolute Gasteiger partial charge is 0.489 e. The third-order valence-corrected chi connectivity index (χ3v) is 5.49. The minimum atomic E-state index is -0.256. The highest BCUT2D eigenvalue weighted by Gasteiger charge is 2.41. The normalized spacial score (nSPS) is 24.3. The minimum absolute atomic E-state index is 0.0463. The molecule has 1 N–H and O–H groups in total. The summed E-state index contributed by atoms with van der Waals surface area (Å²) in [5, 5.41) is 9.89. The third kappa shape index (κ3) is 4.22. The van der Waals surface area contributed by atoms with Crippen LogP contribution < -0.4 is 4.74 Å². The highest BCUT2D eigenvalue weighted by Crippen LogP contribution is 2.35. The maximum Gasteiger partial charge on any atom is 0.247 e. The molecule has 4 heteroatoms. The van der Waals surface area contributed by atoms with Crippen molar-refractivity contribution in [3.05, 3.63) is 71.8 Å². The fraction of sp³-hybridized carbons (Fsp3) is 0.348. The standard InChI is InChI=1S/C23H25NO3/c25-21-14-19-10-11-20(15-21)24(19)23(26)12-9-17-7-4-8-22(13-17)27-16-18-5-2-1-3-6-18/h1-9,12-13,19-21,25H,10-11,14-16H2/b12-9+. The predicted octanol–water partition coefficient (Wildman–Crippen LogP) is 3.79. The van der Waals surface area contributed by atoms with Crippen LogP contribution in [0.3, 0.4) is 0 Å². The van der Waals surface area contributed by atoms with Crippen LogP contribution in [0.1, 0.15) is 36.8 Å². The number of piperidine rings is 1. The first kappa shape index (κ1) is 17.8. The van der Waals surface area contributed by atoms with Gasteiger partial charge < -0.3 is 14.7 Å². The highest BCUT2D eigenvalue weighted by molar-refractivity contribution is 5.92. The van der Waals surface area contributed by atoms with E-state index in [1.54, 1.807) is 6.08 Å². The van der Waals surface area contributed by atoms with Gasteiger partial charge in [-0.3, -0.25) is 4.79 Å². The molecular formula is C23H25NO3. The molecule has 27 heavy (non-hydrogen) atoms. The van der Waals surface area contributed by atoms with E-state index in [1.165, 1.54) is 0 Å². The number of hydrogen-bond acceptors (Lipinski definition) is 3. The number of aliphatic hydroxyl groups excluding tert-OH is 1. The summed E-state index contributed by atoms with van der Waals surface area (Å²) < 4.78 is 5.85. The zero-order valence-electron chi connectivity index (χ0n) is 15.3. The van der Waals surface area contributed by atoms with Crippen molar-refractivity contribution in [3.63, 3.8) is 0 Å². The number of nitrogens with zero attached hydrogens (tertiary/aromatic N) is 1. The van der Waals surface area contributed by atoms with Gasteiger partial charge in [0.1, 0.15) is 12.4 Å². The Hall–Kier alpha value is -2.59. The molecule has 140 valence electrons. The molecule has 2 aliphatic heterocycles. The minimum Gasteiger partial charge on any atom is -0.489 e. The van der Waals surface area contributed by atoms with Gasteiger partial charge in [-0.25, -0.2) is 0 Å². The molecule has 0 aromatic heterocycles. The first-order valence-corrected chi connectivity index (χ1v) is 9.64. The van der Waals surface area contributed by atoms with Crippen LogP contribution in [-0.4, -0.2) is 34.1 Å². The Balaban J connectivity index is 1.38. The Bertz CT molecular complexity index is 803. The lowest BCUT2D eigenvalue weighted by molar-refractivity contribution is -0.131. The van der Waals surface area contributed by atoms with Gasteiger partial charge in [-0.2, -0.15) is 0 Å². The molecule has 0 saturated carbocycles. The van der Waals surface area contributed by atoms with E-state index in [-0.39, 0.29) is 24.1 Å². The van der Waals surface area contributed by atoms with Crippen molar-refractivity contribution in [1.29, 1.82) is 0 Å². The predicted molar refractivity (Wildman–Crippen MR) is 105 cm³/mol. The van der Waals surface area contributed by atoms with Crippen LogP contribution in [0, 0.1) is 0 Å². The maximum absolute atomic E-state index is 12.7. The first-order chi connectivity index (χ1) is 13.2. The van der Waals surface area contributed by atoms with Gasteiger partial charge in [0.2, 0.25) is 5.91 Å². The molecule has 2 aliphatic rings. The van der Waals surface area contributed by atoms with Crippen molar-refractivity contribution in [2.24, 2.45) is 0 Å². The van der Waals surface area contributed by atoms with E-state index in [2.05, 4.69) is 0 Å². The number of hydrogen-bond donors (Lipinski definition) is 1. The molecule has 1 amide bonds. The molecule has 0 radical (unpaired) electrons. The van der Waals surface area contributed by atoms with E-state index in [9.17, 15) is 9.90 Å². The third-order valence-electron chi connectivity index (χ3n) is 5.49. The maximum atomic E-state index is 12.7. The van der Waals surface area contributed by atoms with E-state index in [0.29, 0.717) is 19.4 Å². The smallest absolute Gasteiger partial charge is 0.247 e. The molecule has 4 nitrogen and oxygen atoms in total. The SMILES string of the molecule is O=C(/C=C/c1cccc(OCc2ccccc2)c1)N1C2CCC1CC(O)C2. The Kier molecular flexibility index (Phi) is 5.26. The molecule has 2 unspecified atom stereocenters. The molecule has 2 aromatic carbocycles. The van der Waals surface area contributed by atoms with E-state index in [0.717, 1.165) is 29.7 Å². The fourth-order valence-corrected chi connectivity index (χ4v) is 4.21. The lowest BCUT2D eigenvalue weighted by atomic mass is 10.00. The molecular weight excluding hydrogens is 338 g/mol. The summed E-state index contributed by atoms with van der Waals surface area (Å²) in [6, 6.07) is 18.2. The average Bonchev–Trinajstić information content (AvgIpc) is 2.97. The number of carbonyl (C=O) groups excluding carboxylic acids is 1. The number of carbonyl (C=O) groups is 1. The molecule has 0 spiro atoms. The molecule has 2 atom stereocenters. The van der Waals surface area contributed by atoms with Gasteiger partial charge in [-0.05, 0) is 55.0 Å². The topological polar surface area (TPSA) is 49.8 Å². The van der Waals surface area contributed by atoms with Crippen molar-refractivity contribution >= 4 is 12.0 Å². The Morgan fingerprint density at radius 2 is 1.81 bits per heavy atom. The quantitative estimate of drug-likeness (QED) is 0.822. The van der Waals surface area contributed by atoms with Crippen molar-refractivity contribution in [1.82, 2.24) is 4.90 Å². The number of rotatable bonds is 5. The van der Waals surface area contributed by atoms with E-state index in [4.69, 9.17) is 4.74 Å². The Labute approximate surface area is 160 Å². The van der Waals surface area contributed by atoms with E-state index >= 15 is 0 Å². The first-order valence-electron chi connectivity index (χ1n) is 9.64. The fourth-order valence-electron chi connectivity index (χ4n) is 4.21. The van der Waals surface area contributed by atoms with Crippen molar-refractivity contribution in [3.8, 4) is 5.75 Å². The second kappa shape index (κ2) is 7.97. The summed E-state index contributed by atoms with van der Waals surface area (Å²) in [5.41, 5.74) is 2.06. The molecule has 2 fully saturated rings. The Morgan fingerprint density at radius 3 is 2.56 bits per heavy atom. The van der Waals surface area contributed by atoms with Gasteiger partial charge >= 0.3 is 0 Å². The summed E-state index contributed by atoms with van der Waals surface area (Å²) in [6.45, 7) is 0.520. The van der Waals surface area contributed by atoms with Gasteiger partial charge in [0.05, 0.1) is 6.10 Å². The average molecular weight is 363 g/mol. The summed E-state index contributed by atoms with van der Waals surface area (Å²) in [6.07, 6.45) is 6.67.